The second-order valence-electron chi connectivity index (χ2n) is 5.89. The van der Waals surface area contributed by atoms with Gasteiger partial charge in [0, 0.05) is 11.0 Å². The van der Waals surface area contributed by atoms with Crippen LogP contribution in [0.2, 0.25) is 0 Å². The van der Waals surface area contributed by atoms with Crippen LogP contribution in [0.25, 0.3) is 5.69 Å². The van der Waals surface area contributed by atoms with Crippen molar-refractivity contribution in [2.24, 2.45) is 5.92 Å². The summed E-state index contributed by atoms with van der Waals surface area (Å²) in [7, 11) is 0. The van der Waals surface area contributed by atoms with Gasteiger partial charge in [0.05, 0.1) is 11.4 Å². The van der Waals surface area contributed by atoms with Crippen molar-refractivity contribution >= 4 is 27.8 Å². The SMILES string of the molecule is Cc1c(C(=O)N(CC(=O)O)CC(C)C)nnn1-c1cccc(Br)c1. The minimum Gasteiger partial charge on any atom is -0.480 e. The monoisotopic (exact) mass is 394 g/mol. The molecule has 0 fully saturated rings. The number of carbonyl (C=O) groups excluding carboxylic acids is 1. The van der Waals surface area contributed by atoms with Crippen LogP contribution in [0.15, 0.2) is 28.7 Å². The van der Waals surface area contributed by atoms with E-state index in [-0.39, 0.29) is 18.2 Å². The topological polar surface area (TPSA) is 88.3 Å². The van der Waals surface area contributed by atoms with Crippen molar-refractivity contribution in [3.8, 4) is 5.69 Å². The van der Waals surface area contributed by atoms with E-state index in [9.17, 15) is 9.59 Å². The summed E-state index contributed by atoms with van der Waals surface area (Å²) in [5, 5.41) is 17.0. The van der Waals surface area contributed by atoms with Gasteiger partial charge in [0.15, 0.2) is 5.69 Å². The summed E-state index contributed by atoms with van der Waals surface area (Å²) in [5.74, 6) is -1.33. The van der Waals surface area contributed by atoms with Crippen LogP contribution in [0.1, 0.15) is 30.0 Å². The van der Waals surface area contributed by atoms with E-state index in [0.717, 1.165) is 10.2 Å². The number of halogens is 1. The van der Waals surface area contributed by atoms with Gasteiger partial charge in [0.1, 0.15) is 6.54 Å². The third-order valence-electron chi connectivity index (χ3n) is 3.35. The Kier molecular flexibility index (Phi) is 5.71. The van der Waals surface area contributed by atoms with Gasteiger partial charge in [-0.1, -0.05) is 41.1 Å². The summed E-state index contributed by atoms with van der Waals surface area (Å²) >= 11 is 3.40. The predicted octanol–water partition coefficient (Wildman–Crippen LogP) is 2.52. The predicted molar refractivity (Wildman–Crippen MR) is 92.2 cm³/mol. The molecule has 0 atom stereocenters. The fraction of sp³-hybridized carbons (Fsp3) is 0.375. The van der Waals surface area contributed by atoms with E-state index >= 15 is 0 Å². The van der Waals surface area contributed by atoms with Crippen LogP contribution < -0.4 is 0 Å². The number of amides is 1. The second-order valence-corrected chi connectivity index (χ2v) is 6.80. The molecular weight excluding hydrogens is 376 g/mol. The van der Waals surface area contributed by atoms with Crippen molar-refractivity contribution in [3.63, 3.8) is 0 Å². The Morgan fingerprint density at radius 2 is 2.08 bits per heavy atom. The molecule has 0 saturated heterocycles. The number of hydrogen-bond donors (Lipinski definition) is 1. The number of carbonyl (C=O) groups is 2. The maximum absolute atomic E-state index is 12.7. The fourth-order valence-electron chi connectivity index (χ4n) is 2.35. The van der Waals surface area contributed by atoms with E-state index in [1.165, 1.54) is 4.90 Å². The quantitative estimate of drug-likeness (QED) is 0.812. The Bertz CT molecular complexity index is 758. The molecule has 0 radical (unpaired) electrons. The largest absolute Gasteiger partial charge is 0.480 e. The average Bonchev–Trinajstić information content (AvgIpc) is 2.86. The first-order valence-electron chi connectivity index (χ1n) is 7.49. The number of carboxylic acids is 1. The van der Waals surface area contributed by atoms with Crippen molar-refractivity contribution in [2.75, 3.05) is 13.1 Å². The maximum atomic E-state index is 12.7. The van der Waals surface area contributed by atoms with Crippen molar-refractivity contribution in [1.29, 1.82) is 0 Å². The average molecular weight is 395 g/mol. The van der Waals surface area contributed by atoms with E-state index in [1.807, 2.05) is 38.1 Å². The molecule has 1 aromatic carbocycles. The van der Waals surface area contributed by atoms with Crippen LogP contribution in [0.4, 0.5) is 0 Å². The molecule has 0 unspecified atom stereocenters. The summed E-state index contributed by atoms with van der Waals surface area (Å²) in [6.45, 7) is 5.57. The molecule has 0 bridgehead atoms. The minimum absolute atomic E-state index is 0.147. The molecule has 0 aliphatic heterocycles. The van der Waals surface area contributed by atoms with Gasteiger partial charge >= 0.3 is 5.97 Å². The summed E-state index contributed by atoms with van der Waals surface area (Å²) in [6.07, 6.45) is 0. The Morgan fingerprint density at radius 1 is 1.38 bits per heavy atom. The number of rotatable bonds is 6. The van der Waals surface area contributed by atoms with Crippen molar-refractivity contribution < 1.29 is 14.7 Å². The van der Waals surface area contributed by atoms with Gasteiger partial charge in [-0.15, -0.1) is 5.10 Å². The first-order chi connectivity index (χ1) is 11.3. The number of aliphatic carboxylic acids is 1. The molecule has 2 rings (SSSR count). The lowest BCUT2D eigenvalue weighted by atomic mass is 10.2. The number of nitrogens with zero attached hydrogens (tertiary/aromatic N) is 4. The van der Waals surface area contributed by atoms with E-state index in [2.05, 4.69) is 26.2 Å². The van der Waals surface area contributed by atoms with Gasteiger partial charge in [0.2, 0.25) is 0 Å². The van der Waals surface area contributed by atoms with Gasteiger partial charge in [0.25, 0.3) is 5.91 Å². The van der Waals surface area contributed by atoms with Crippen LogP contribution in [-0.2, 0) is 4.79 Å². The first-order valence-corrected chi connectivity index (χ1v) is 8.28. The molecular formula is C16H19BrN4O3. The molecule has 7 nitrogen and oxygen atoms in total. The zero-order valence-electron chi connectivity index (χ0n) is 13.7. The molecule has 0 aliphatic carbocycles. The minimum atomic E-state index is -1.05. The first kappa shape index (κ1) is 18.1. The molecule has 1 aromatic heterocycles. The molecule has 24 heavy (non-hydrogen) atoms. The Balaban J connectivity index is 2.34. The molecule has 1 heterocycles. The van der Waals surface area contributed by atoms with Crippen molar-refractivity contribution in [1.82, 2.24) is 19.9 Å². The summed E-state index contributed by atoms with van der Waals surface area (Å²) in [4.78, 5) is 25.0. The van der Waals surface area contributed by atoms with Crippen LogP contribution in [-0.4, -0.2) is 50.0 Å². The number of aromatic nitrogens is 3. The highest BCUT2D eigenvalue weighted by molar-refractivity contribution is 9.10. The van der Waals surface area contributed by atoms with Gasteiger partial charge < -0.3 is 10.0 Å². The molecule has 2 aromatic rings. The van der Waals surface area contributed by atoms with Gasteiger partial charge in [-0.3, -0.25) is 9.59 Å². The van der Waals surface area contributed by atoms with E-state index in [4.69, 9.17) is 5.11 Å². The standard InChI is InChI=1S/C16H19BrN4O3/c1-10(2)8-20(9-14(22)23)16(24)15-11(3)21(19-18-15)13-6-4-5-12(17)7-13/h4-7,10H,8-9H2,1-3H3,(H,22,23). The zero-order valence-corrected chi connectivity index (χ0v) is 15.3. The van der Waals surface area contributed by atoms with Crippen molar-refractivity contribution in [3.05, 3.63) is 40.1 Å². The van der Waals surface area contributed by atoms with Crippen LogP contribution >= 0.6 is 15.9 Å². The highest BCUT2D eigenvalue weighted by Gasteiger charge is 2.25. The van der Waals surface area contributed by atoms with Gasteiger partial charge in [-0.05, 0) is 31.0 Å². The number of carboxylic acid groups (broad SMARTS) is 1. The molecule has 128 valence electrons. The second kappa shape index (κ2) is 7.57. The number of hydrogen-bond acceptors (Lipinski definition) is 4. The lowest BCUT2D eigenvalue weighted by Crippen LogP contribution is -2.38. The highest BCUT2D eigenvalue weighted by Crippen LogP contribution is 2.18. The third kappa shape index (κ3) is 4.19. The molecule has 1 amide bonds. The van der Waals surface area contributed by atoms with Crippen LogP contribution in [0.3, 0.4) is 0 Å². The fourth-order valence-corrected chi connectivity index (χ4v) is 2.74. The Hall–Kier alpha value is -2.22. The van der Waals surface area contributed by atoms with Crippen molar-refractivity contribution in [2.45, 2.75) is 20.8 Å². The number of benzene rings is 1. The maximum Gasteiger partial charge on any atom is 0.323 e. The zero-order chi connectivity index (χ0) is 17.9. The van der Waals surface area contributed by atoms with Gasteiger partial charge in [-0.25, -0.2) is 4.68 Å². The van der Waals surface area contributed by atoms with Crippen LogP contribution in [0.5, 0.6) is 0 Å². The van der Waals surface area contributed by atoms with Gasteiger partial charge in [-0.2, -0.15) is 0 Å². The van der Waals surface area contributed by atoms with E-state index < -0.39 is 11.9 Å². The third-order valence-corrected chi connectivity index (χ3v) is 3.84. The van der Waals surface area contributed by atoms with Crippen LogP contribution in [0, 0.1) is 12.8 Å². The lowest BCUT2D eigenvalue weighted by Gasteiger charge is -2.21. The smallest absolute Gasteiger partial charge is 0.323 e. The molecule has 0 spiro atoms. The molecule has 0 aliphatic rings. The summed E-state index contributed by atoms with van der Waals surface area (Å²) < 4.78 is 2.45. The Labute approximate surface area is 148 Å². The molecule has 0 saturated carbocycles. The molecule has 8 heteroatoms. The Morgan fingerprint density at radius 3 is 2.67 bits per heavy atom. The van der Waals surface area contributed by atoms with E-state index in [1.54, 1.807) is 11.6 Å². The summed E-state index contributed by atoms with van der Waals surface area (Å²) in [5.41, 5.74) is 1.50. The normalized spacial score (nSPS) is 10.9. The molecule has 1 N–H and O–H groups in total. The van der Waals surface area contributed by atoms with E-state index in [0.29, 0.717) is 12.2 Å². The lowest BCUT2D eigenvalue weighted by molar-refractivity contribution is -0.137. The highest BCUT2D eigenvalue weighted by atomic mass is 79.9. The summed E-state index contributed by atoms with van der Waals surface area (Å²) in [6, 6.07) is 7.46.